The van der Waals surface area contributed by atoms with Gasteiger partial charge in [0.25, 0.3) is 0 Å². The first-order chi connectivity index (χ1) is 10.1. The Labute approximate surface area is 136 Å². The zero-order valence-electron chi connectivity index (χ0n) is 10.7. The molecular formula is C13H9ClF3IO4. The van der Waals surface area contributed by atoms with E-state index >= 15 is 0 Å². The standard InChI is InChI=1S/C13H9F3I.ClHO4/c14-13(15,16)10-6-8-12(9-7-10)17-11-4-2-1-3-5-11;2-1(3,4)5/h1-9H;(H,2,3,4,5)/q+1;/p-1. The van der Waals surface area contributed by atoms with E-state index in [1.165, 1.54) is 3.57 Å². The van der Waals surface area contributed by atoms with E-state index in [-0.39, 0.29) is 21.2 Å². The molecule has 22 heavy (non-hydrogen) atoms. The molecule has 0 heterocycles. The minimum atomic E-state index is -4.94. The van der Waals surface area contributed by atoms with Crippen molar-refractivity contribution in [2.45, 2.75) is 6.18 Å². The van der Waals surface area contributed by atoms with Crippen LogP contribution < -0.4 is 39.8 Å². The Morgan fingerprint density at radius 2 is 1.14 bits per heavy atom. The van der Waals surface area contributed by atoms with Crippen molar-refractivity contribution in [3.05, 3.63) is 67.3 Å². The lowest BCUT2D eigenvalue weighted by molar-refractivity contribution is -2.00. The molecule has 0 aliphatic heterocycles. The molecule has 0 saturated carbocycles. The summed E-state index contributed by atoms with van der Waals surface area (Å²) in [7, 11) is -4.94. The van der Waals surface area contributed by atoms with Crippen molar-refractivity contribution in [3.63, 3.8) is 0 Å². The number of alkyl halides is 3. The van der Waals surface area contributed by atoms with E-state index < -0.39 is 22.0 Å². The van der Waals surface area contributed by atoms with Crippen LogP contribution in [0.15, 0.2) is 54.6 Å². The second-order valence-corrected chi connectivity index (χ2v) is 7.56. The Balaban J connectivity index is 0.000000422. The van der Waals surface area contributed by atoms with Gasteiger partial charge in [0.15, 0.2) is 7.14 Å². The summed E-state index contributed by atoms with van der Waals surface area (Å²) in [5.74, 6) is 0. The highest BCUT2D eigenvalue weighted by Crippen LogP contribution is 2.28. The molecule has 0 amide bonds. The summed E-state index contributed by atoms with van der Waals surface area (Å²) in [5, 5.41) is 0. The minimum absolute atomic E-state index is 0.388. The average molecular weight is 449 g/mol. The number of rotatable bonds is 2. The zero-order chi connectivity index (χ0) is 16.8. The van der Waals surface area contributed by atoms with Crippen molar-refractivity contribution >= 4 is 0 Å². The van der Waals surface area contributed by atoms with Gasteiger partial charge >= 0.3 is 27.4 Å². The molecule has 9 heteroatoms. The third-order valence-electron chi connectivity index (χ3n) is 2.12. The smallest absolute Gasteiger partial charge is 0.222 e. The third-order valence-corrected chi connectivity index (χ3v) is 4.81. The van der Waals surface area contributed by atoms with Crippen molar-refractivity contribution < 1.29 is 63.3 Å². The predicted molar refractivity (Wildman–Crippen MR) is 55.3 cm³/mol. The van der Waals surface area contributed by atoms with Gasteiger partial charge in [-0.25, -0.2) is 18.6 Å². The molecule has 0 aromatic heterocycles. The van der Waals surface area contributed by atoms with Crippen LogP contribution in [0.1, 0.15) is 5.56 Å². The maximum Gasteiger partial charge on any atom is 0.416 e. The number of hydrogen-bond donors (Lipinski definition) is 0. The van der Waals surface area contributed by atoms with Gasteiger partial charge in [-0.1, -0.05) is 18.2 Å². The lowest BCUT2D eigenvalue weighted by Crippen LogP contribution is -3.61. The lowest BCUT2D eigenvalue weighted by atomic mass is 10.2. The summed E-state index contributed by atoms with van der Waals surface area (Å²) in [6, 6.07) is 15.3. The normalized spacial score (nSPS) is 11.6. The fourth-order valence-electron chi connectivity index (χ4n) is 1.31. The summed E-state index contributed by atoms with van der Waals surface area (Å²) < 4.78 is 73.2. The topological polar surface area (TPSA) is 92.2 Å². The van der Waals surface area contributed by atoms with Gasteiger partial charge in [-0.15, -0.1) is 10.2 Å². The summed E-state index contributed by atoms with van der Waals surface area (Å²) in [5.41, 5.74) is -0.585. The quantitative estimate of drug-likeness (QED) is 0.439. The van der Waals surface area contributed by atoms with Gasteiger partial charge in [-0.05, 0) is 36.4 Å². The van der Waals surface area contributed by atoms with Crippen LogP contribution in [0, 0.1) is 17.4 Å². The van der Waals surface area contributed by atoms with E-state index in [4.69, 9.17) is 18.6 Å². The van der Waals surface area contributed by atoms with Crippen molar-refractivity contribution in [1.29, 1.82) is 0 Å². The first-order valence-corrected chi connectivity index (χ1v) is 8.94. The summed E-state index contributed by atoms with van der Waals surface area (Å²) in [4.78, 5) is 0. The van der Waals surface area contributed by atoms with E-state index in [0.29, 0.717) is 0 Å². The molecule has 2 aromatic carbocycles. The van der Waals surface area contributed by atoms with Gasteiger partial charge < -0.3 is 0 Å². The molecule has 0 radical (unpaired) electrons. The van der Waals surface area contributed by atoms with Gasteiger partial charge in [0.1, 0.15) is 0 Å². The molecule has 0 aliphatic rings. The lowest BCUT2D eigenvalue weighted by Gasteiger charge is -2.17. The zero-order valence-corrected chi connectivity index (χ0v) is 13.6. The predicted octanol–water partition coefficient (Wildman–Crippen LogP) is -3.92. The molecule has 0 aliphatic carbocycles. The largest absolute Gasteiger partial charge is 0.416 e. The van der Waals surface area contributed by atoms with Gasteiger partial charge in [0.2, 0.25) is 0 Å². The average Bonchev–Trinajstić information content (AvgIpc) is 2.37. The number of halogens is 5. The van der Waals surface area contributed by atoms with E-state index in [1.807, 2.05) is 30.3 Å². The Hall–Kier alpha value is -0.910. The van der Waals surface area contributed by atoms with Crippen LogP contribution in [0.4, 0.5) is 13.2 Å². The van der Waals surface area contributed by atoms with Gasteiger partial charge in [-0.2, -0.15) is 13.2 Å². The van der Waals surface area contributed by atoms with Gasteiger partial charge in [0, 0.05) is 0 Å². The summed E-state index contributed by atoms with van der Waals surface area (Å²) in [6.07, 6.45) is -4.25. The van der Waals surface area contributed by atoms with Crippen LogP contribution in [0.2, 0.25) is 0 Å². The molecule has 0 bridgehead atoms. The molecule has 0 atom stereocenters. The first kappa shape index (κ1) is 19.1. The molecule has 0 fully saturated rings. The molecule has 2 aromatic rings. The Bertz CT molecular complexity index is 565. The summed E-state index contributed by atoms with van der Waals surface area (Å²) in [6.45, 7) is 0. The highest BCUT2D eigenvalue weighted by Gasteiger charge is 2.30. The molecule has 0 N–H and O–H groups in total. The molecule has 120 valence electrons. The Kier molecular flexibility index (Phi) is 7.03. The molecule has 2 rings (SSSR count). The SMILES string of the molecule is FC(F)(F)c1ccc([I+]c2ccccc2)cc1.[O-][Cl+3]([O-])([O-])[O-]. The highest BCUT2D eigenvalue weighted by molar-refractivity contribution is 5.17. The molecular weight excluding hydrogens is 439 g/mol. The Morgan fingerprint density at radius 1 is 0.727 bits per heavy atom. The van der Waals surface area contributed by atoms with E-state index in [9.17, 15) is 13.2 Å². The van der Waals surface area contributed by atoms with Crippen molar-refractivity contribution in [2.24, 2.45) is 0 Å². The number of hydrogen-bond acceptors (Lipinski definition) is 4. The van der Waals surface area contributed by atoms with Gasteiger partial charge in [-0.3, -0.25) is 0 Å². The third kappa shape index (κ3) is 8.51. The van der Waals surface area contributed by atoms with Crippen molar-refractivity contribution in [2.75, 3.05) is 0 Å². The van der Waals surface area contributed by atoms with E-state index in [2.05, 4.69) is 0 Å². The molecule has 0 saturated heterocycles. The maximum atomic E-state index is 12.4. The second kappa shape index (κ2) is 8.09. The summed E-state index contributed by atoms with van der Waals surface area (Å²) >= 11 is -0.388. The minimum Gasteiger partial charge on any atom is -0.222 e. The van der Waals surface area contributed by atoms with Crippen molar-refractivity contribution in [3.8, 4) is 0 Å². The van der Waals surface area contributed by atoms with Crippen LogP contribution in [-0.4, -0.2) is 0 Å². The second-order valence-electron chi connectivity index (χ2n) is 3.77. The first-order valence-electron chi connectivity index (χ1n) is 5.54. The van der Waals surface area contributed by atoms with E-state index in [0.717, 1.165) is 15.7 Å². The fraction of sp³-hybridized carbons (Fsp3) is 0.0769. The van der Waals surface area contributed by atoms with Crippen LogP contribution in [0.5, 0.6) is 0 Å². The van der Waals surface area contributed by atoms with Crippen LogP contribution in [0.3, 0.4) is 0 Å². The van der Waals surface area contributed by atoms with Gasteiger partial charge in [0.05, 0.1) is 5.56 Å². The Morgan fingerprint density at radius 3 is 1.55 bits per heavy atom. The highest BCUT2D eigenvalue weighted by atomic mass is 127. The van der Waals surface area contributed by atoms with Crippen LogP contribution in [0.25, 0.3) is 0 Å². The van der Waals surface area contributed by atoms with E-state index in [1.54, 1.807) is 12.1 Å². The molecule has 0 unspecified atom stereocenters. The molecule has 0 spiro atoms. The maximum absolute atomic E-state index is 12.4. The van der Waals surface area contributed by atoms with Crippen LogP contribution in [-0.2, 0) is 6.18 Å². The monoisotopic (exact) mass is 448 g/mol. The number of benzene rings is 2. The van der Waals surface area contributed by atoms with Crippen LogP contribution >= 0.6 is 0 Å². The van der Waals surface area contributed by atoms with Crippen molar-refractivity contribution in [1.82, 2.24) is 0 Å². The fourth-order valence-corrected chi connectivity index (χ4v) is 3.52. The molecule has 4 nitrogen and oxygen atoms in total.